The molecule has 1 amide bonds. The molecule has 1 unspecified atom stereocenters. The Labute approximate surface area is 133 Å². The molecule has 5 heteroatoms. The van der Waals surface area contributed by atoms with Gasteiger partial charge in [-0.1, -0.05) is 24.3 Å². The molecule has 2 heterocycles. The highest BCUT2D eigenvalue weighted by Crippen LogP contribution is 2.19. The van der Waals surface area contributed by atoms with Gasteiger partial charge in [0.1, 0.15) is 0 Å². The van der Waals surface area contributed by atoms with Crippen molar-refractivity contribution in [1.29, 1.82) is 0 Å². The van der Waals surface area contributed by atoms with Crippen LogP contribution in [0.25, 0.3) is 10.9 Å². The van der Waals surface area contributed by atoms with Crippen LogP contribution in [0.1, 0.15) is 30.0 Å². The van der Waals surface area contributed by atoms with Gasteiger partial charge in [0.25, 0.3) is 0 Å². The molecule has 2 aromatic heterocycles. The highest BCUT2D eigenvalue weighted by molar-refractivity contribution is 7.10. The Kier molecular flexibility index (Phi) is 4.24. The number of thiophene rings is 1. The van der Waals surface area contributed by atoms with Crippen molar-refractivity contribution >= 4 is 28.1 Å². The molecule has 0 bridgehead atoms. The molecule has 0 saturated heterocycles. The van der Waals surface area contributed by atoms with E-state index in [0.717, 1.165) is 16.6 Å². The minimum Gasteiger partial charge on any atom is -0.349 e. The highest BCUT2D eigenvalue weighted by atomic mass is 32.1. The van der Waals surface area contributed by atoms with Crippen LogP contribution in [0.2, 0.25) is 0 Å². The second-order valence-electron chi connectivity index (χ2n) is 5.38. The third-order valence-electron chi connectivity index (χ3n) is 3.74. The monoisotopic (exact) mass is 313 g/mol. The number of carbonyl (C=O) groups excluding carboxylic acids is 1. The first-order valence-electron chi connectivity index (χ1n) is 7.40. The lowest BCUT2D eigenvalue weighted by atomic mass is 10.2. The molecule has 0 aliphatic heterocycles. The number of carbonyl (C=O) groups is 1. The zero-order valence-corrected chi connectivity index (χ0v) is 13.6. The molecule has 0 spiro atoms. The first-order chi connectivity index (χ1) is 10.6. The molecule has 0 aliphatic rings. The van der Waals surface area contributed by atoms with Crippen molar-refractivity contribution in [2.45, 2.75) is 32.9 Å². The van der Waals surface area contributed by atoms with Crippen LogP contribution in [0.4, 0.5) is 0 Å². The lowest BCUT2D eigenvalue weighted by Gasteiger charge is -2.12. The van der Waals surface area contributed by atoms with Crippen molar-refractivity contribution in [3.8, 4) is 0 Å². The van der Waals surface area contributed by atoms with Crippen LogP contribution >= 0.6 is 11.3 Å². The number of nitrogens with one attached hydrogen (secondary N) is 1. The molecular weight excluding hydrogens is 294 g/mol. The van der Waals surface area contributed by atoms with Gasteiger partial charge in [-0.3, -0.25) is 9.48 Å². The third kappa shape index (κ3) is 3.04. The Balaban J connectivity index is 1.63. The molecule has 1 aromatic carbocycles. The summed E-state index contributed by atoms with van der Waals surface area (Å²) in [5, 5.41) is 10.7. The van der Waals surface area contributed by atoms with E-state index in [1.54, 1.807) is 11.3 Å². The lowest BCUT2D eigenvalue weighted by molar-refractivity contribution is -0.121. The van der Waals surface area contributed by atoms with Crippen LogP contribution in [-0.4, -0.2) is 15.7 Å². The van der Waals surface area contributed by atoms with Crippen molar-refractivity contribution in [3.05, 3.63) is 52.3 Å². The van der Waals surface area contributed by atoms with Gasteiger partial charge in [0.2, 0.25) is 5.91 Å². The Morgan fingerprint density at radius 3 is 2.91 bits per heavy atom. The van der Waals surface area contributed by atoms with E-state index in [9.17, 15) is 4.79 Å². The molecule has 0 fully saturated rings. The van der Waals surface area contributed by atoms with E-state index >= 15 is 0 Å². The summed E-state index contributed by atoms with van der Waals surface area (Å²) in [4.78, 5) is 13.3. The second-order valence-corrected chi connectivity index (χ2v) is 6.36. The van der Waals surface area contributed by atoms with Crippen molar-refractivity contribution in [2.75, 3.05) is 0 Å². The number of benzene rings is 1. The molecule has 0 radical (unpaired) electrons. The zero-order valence-electron chi connectivity index (χ0n) is 12.7. The summed E-state index contributed by atoms with van der Waals surface area (Å²) in [6.07, 6.45) is 0.431. The number of aryl methyl sites for hydroxylation is 2. The average molecular weight is 313 g/mol. The molecule has 4 nitrogen and oxygen atoms in total. The Bertz CT molecular complexity index is 776. The average Bonchev–Trinajstić information content (AvgIpc) is 3.14. The largest absolute Gasteiger partial charge is 0.349 e. The number of fused-ring (bicyclic) bond motifs is 1. The van der Waals surface area contributed by atoms with Crippen LogP contribution < -0.4 is 5.32 Å². The molecule has 114 valence electrons. The van der Waals surface area contributed by atoms with Gasteiger partial charge < -0.3 is 5.32 Å². The van der Waals surface area contributed by atoms with Crippen molar-refractivity contribution in [3.63, 3.8) is 0 Å². The van der Waals surface area contributed by atoms with Crippen LogP contribution in [0.5, 0.6) is 0 Å². The normalized spacial score (nSPS) is 12.5. The van der Waals surface area contributed by atoms with E-state index in [2.05, 4.69) is 16.5 Å². The number of hydrogen-bond donors (Lipinski definition) is 1. The van der Waals surface area contributed by atoms with Crippen molar-refractivity contribution in [2.24, 2.45) is 0 Å². The standard InChI is InChI=1S/C17H19N3OS/c1-12-14-6-3-4-7-15(14)20(19-12)10-9-17(21)18-13(2)16-8-5-11-22-16/h3-8,11,13H,9-10H2,1-2H3,(H,18,21). The number of amides is 1. The maximum atomic E-state index is 12.1. The van der Waals surface area contributed by atoms with Gasteiger partial charge in [-0.25, -0.2) is 0 Å². The van der Waals surface area contributed by atoms with Gasteiger partial charge in [0.15, 0.2) is 0 Å². The van der Waals surface area contributed by atoms with E-state index in [1.165, 1.54) is 4.88 Å². The van der Waals surface area contributed by atoms with Crippen LogP contribution in [0.3, 0.4) is 0 Å². The first-order valence-corrected chi connectivity index (χ1v) is 8.28. The van der Waals surface area contributed by atoms with Crippen molar-refractivity contribution < 1.29 is 4.79 Å². The number of para-hydroxylation sites is 1. The highest BCUT2D eigenvalue weighted by Gasteiger charge is 2.12. The van der Waals surface area contributed by atoms with E-state index in [1.807, 2.05) is 54.2 Å². The van der Waals surface area contributed by atoms with Gasteiger partial charge in [-0.15, -0.1) is 11.3 Å². The fourth-order valence-corrected chi connectivity index (χ4v) is 3.33. The summed E-state index contributed by atoms with van der Waals surface area (Å²) in [7, 11) is 0. The Morgan fingerprint density at radius 1 is 1.32 bits per heavy atom. The second kappa shape index (κ2) is 6.32. The third-order valence-corrected chi connectivity index (χ3v) is 4.80. The first kappa shape index (κ1) is 14.8. The molecule has 3 aromatic rings. The Hall–Kier alpha value is -2.14. The van der Waals surface area contributed by atoms with Crippen LogP contribution in [0, 0.1) is 6.92 Å². The zero-order chi connectivity index (χ0) is 15.5. The van der Waals surface area contributed by atoms with Crippen LogP contribution in [-0.2, 0) is 11.3 Å². The fraction of sp³-hybridized carbons (Fsp3) is 0.294. The SMILES string of the molecule is Cc1nn(CCC(=O)NC(C)c2cccs2)c2ccccc12. The predicted molar refractivity (Wildman–Crippen MR) is 90.0 cm³/mol. The molecule has 0 aliphatic carbocycles. The van der Waals surface area contributed by atoms with E-state index in [-0.39, 0.29) is 11.9 Å². The summed E-state index contributed by atoms with van der Waals surface area (Å²) in [6.45, 7) is 4.60. The topological polar surface area (TPSA) is 46.9 Å². The smallest absolute Gasteiger partial charge is 0.222 e. The predicted octanol–water partition coefficient (Wildman–Crippen LogP) is 3.67. The lowest BCUT2D eigenvalue weighted by Crippen LogP contribution is -2.27. The molecule has 22 heavy (non-hydrogen) atoms. The van der Waals surface area contributed by atoms with Gasteiger partial charge in [0, 0.05) is 16.7 Å². The summed E-state index contributed by atoms with van der Waals surface area (Å²) in [6, 6.07) is 12.2. The minimum atomic E-state index is 0.0538. The summed E-state index contributed by atoms with van der Waals surface area (Å²) in [5.41, 5.74) is 2.09. The molecule has 3 rings (SSSR count). The molecule has 1 atom stereocenters. The van der Waals surface area contributed by atoms with Crippen molar-refractivity contribution in [1.82, 2.24) is 15.1 Å². The van der Waals surface area contributed by atoms with Crippen LogP contribution in [0.15, 0.2) is 41.8 Å². The van der Waals surface area contributed by atoms with E-state index in [0.29, 0.717) is 13.0 Å². The van der Waals surface area contributed by atoms with Gasteiger partial charge in [-0.2, -0.15) is 5.10 Å². The number of nitrogens with zero attached hydrogens (tertiary/aromatic N) is 2. The fourth-order valence-electron chi connectivity index (χ4n) is 2.59. The molecule has 0 saturated carbocycles. The molecule has 1 N–H and O–H groups in total. The van der Waals surface area contributed by atoms with Gasteiger partial charge in [0.05, 0.1) is 23.8 Å². The van der Waals surface area contributed by atoms with Gasteiger partial charge in [-0.05, 0) is 31.4 Å². The Morgan fingerprint density at radius 2 is 2.14 bits per heavy atom. The number of hydrogen-bond acceptors (Lipinski definition) is 3. The summed E-state index contributed by atoms with van der Waals surface area (Å²) >= 11 is 1.66. The molecular formula is C17H19N3OS. The minimum absolute atomic E-state index is 0.0538. The maximum Gasteiger partial charge on any atom is 0.222 e. The van der Waals surface area contributed by atoms with Gasteiger partial charge >= 0.3 is 0 Å². The number of rotatable bonds is 5. The summed E-state index contributed by atoms with van der Waals surface area (Å²) < 4.78 is 1.92. The number of aromatic nitrogens is 2. The van der Waals surface area contributed by atoms with E-state index < -0.39 is 0 Å². The van der Waals surface area contributed by atoms with E-state index in [4.69, 9.17) is 0 Å². The quantitative estimate of drug-likeness (QED) is 0.781. The summed E-state index contributed by atoms with van der Waals surface area (Å²) in [5.74, 6) is 0.0538. The maximum absolute atomic E-state index is 12.1.